The number of pyridine rings is 1. The molecule has 1 saturated carbocycles. The molecule has 1 atom stereocenters. The smallest absolute Gasteiger partial charge is 0.319 e. The number of sulfonamides is 2. The van der Waals surface area contributed by atoms with Crippen LogP contribution in [0.15, 0.2) is 58.6 Å². The van der Waals surface area contributed by atoms with Crippen LogP contribution in [0.2, 0.25) is 0 Å². The lowest BCUT2D eigenvalue weighted by Gasteiger charge is -2.20. The molecule has 14 heteroatoms. The maximum absolute atomic E-state index is 13.6. The lowest BCUT2D eigenvalue weighted by atomic mass is 9.98. The molecule has 1 aliphatic rings. The van der Waals surface area contributed by atoms with Crippen LogP contribution in [-0.2, 0) is 20.0 Å². The molecule has 0 saturated heterocycles. The van der Waals surface area contributed by atoms with Gasteiger partial charge in [-0.3, -0.25) is 4.98 Å². The van der Waals surface area contributed by atoms with E-state index in [1.807, 2.05) is 19.9 Å². The number of rotatable bonds is 12. The number of hydrogen-bond donors (Lipinski definition) is 2. The van der Waals surface area contributed by atoms with E-state index in [1.54, 1.807) is 30.5 Å². The Bertz CT molecular complexity index is 1930. The van der Waals surface area contributed by atoms with Crippen molar-refractivity contribution in [2.75, 3.05) is 33.6 Å². The number of fused-ring (bicyclic) bond motifs is 1. The normalized spacial score (nSPS) is 14.5. The standard InChI is InChI=1S/C30H36N6O6S2/c1-7-18(2)20-12-22(15-23(13-20)44(39,40)36(3)4)33-28-24-11-8-19(25-16-32-30(42-6)34-29(25)41-5)14-26(24)31-17-27(28)43(37,38)35-21-9-10-21/h8,11-18,21,35H,7,9-10H2,1-6H3,(H,31,33). The van der Waals surface area contributed by atoms with Gasteiger partial charge in [0, 0.05) is 43.6 Å². The van der Waals surface area contributed by atoms with Gasteiger partial charge in [-0.15, -0.1) is 0 Å². The van der Waals surface area contributed by atoms with E-state index in [0.717, 1.165) is 29.1 Å². The van der Waals surface area contributed by atoms with Gasteiger partial charge in [-0.05, 0) is 60.6 Å². The van der Waals surface area contributed by atoms with Crippen LogP contribution in [-0.4, -0.2) is 70.4 Å². The molecular weight excluding hydrogens is 605 g/mol. The first-order valence-electron chi connectivity index (χ1n) is 14.1. The van der Waals surface area contributed by atoms with Crippen molar-refractivity contribution in [3.63, 3.8) is 0 Å². The third kappa shape index (κ3) is 6.34. The quantitative estimate of drug-likeness (QED) is 0.224. The zero-order chi connectivity index (χ0) is 31.8. The number of nitrogens with one attached hydrogen (secondary N) is 2. The Morgan fingerprint density at radius 3 is 2.39 bits per heavy atom. The molecule has 1 unspecified atom stereocenters. The average Bonchev–Trinajstić information content (AvgIpc) is 3.83. The van der Waals surface area contributed by atoms with E-state index < -0.39 is 20.0 Å². The number of methoxy groups -OCH3 is 2. The third-order valence-electron chi connectivity index (χ3n) is 7.60. The summed E-state index contributed by atoms with van der Waals surface area (Å²) in [5, 5.41) is 3.80. The molecule has 1 aliphatic carbocycles. The van der Waals surface area contributed by atoms with E-state index in [0.29, 0.717) is 33.6 Å². The van der Waals surface area contributed by atoms with Gasteiger partial charge >= 0.3 is 6.01 Å². The fourth-order valence-corrected chi connectivity index (χ4v) is 7.09. The number of benzene rings is 2. The van der Waals surface area contributed by atoms with E-state index in [-0.39, 0.29) is 33.4 Å². The number of hydrogen-bond acceptors (Lipinski definition) is 10. The highest BCUT2D eigenvalue weighted by Gasteiger charge is 2.31. The van der Waals surface area contributed by atoms with Crippen LogP contribution in [0.1, 0.15) is 44.6 Å². The second-order valence-corrected chi connectivity index (χ2v) is 14.8. The van der Waals surface area contributed by atoms with Crippen molar-refractivity contribution in [1.82, 2.24) is 24.0 Å². The number of aromatic nitrogens is 3. The Morgan fingerprint density at radius 1 is 1.00 bits per heavy atom. The summed E-state index contributed by atoms with van der Waals surface area (Å²) in [6.45, 7) is 4.04. The highest BCUT2D eigenvalue weighted by Crippen LogP contribution is 2.38. The first-order valence-corrected chi connectivity index (χ1v) is 17.0. The van der Waals surface area contributed by atoms with Gasteiger partial charge in [-0.2, -0.15) is 4.98 Å². The van der Waals surface area contributed by atoms with E-state index in [9.17, 15) is 16.8 Å². The Labute approximate surface area is 258 Å². The molecule has 0 bridgehead atoms. The van der Waals surface area contributed by atoms with Crippen molar-refractivity contribution in [1.29, 1.82) is 0 Å². The van der Waals surface area contributed by atoms with Crippen molar-refractivity contribution in [3.8, 4) is 23.0 Å². The summed E-state index contributed by atoms with van der Waals surface area (Å²) in [5.74, 6) is 0.366. The fourth-order valence-electron chi connectivity index (χ4n) is 4.68. The van der Waals surface area contributed by atoms with Crippen LogP contribution in [0.25, 0.3) is 22.0 Å². The average molecular weight is 641 g/mol. The van der Waals surface area contributed by atoms with Gasteiger partial charge in [-0.1, -0.05) is 26.0 Å². The molecule has 5 rings (SSSR count). The van der Waals surface area contributed by atoms with E-state index in [1.165, 1.54) is 40.6 Å². The zero-order valence-electron chi connectivity index (χ0n) is 25.4. The van der Waals surface area contributed by atoms with Crippen LogP contribution >= 0.6 is 0 Å². The van der Waals surface area contributed by atoms with E-state index >= 15 is 0 Å². The van der Waals surface area contributed by atoms with Crippen LogP contribution in [0, 0.1) is 0 Å². The summed E-state index contributed by atoms with van der Waals surface area (Å²) in [7, 11) is -1.82. The molecule has 234 valence electrons. The van der Waals surface area contributed by atoms with Crippen molar-refractivity contribution < 1.29 is 26.3 Å². The summed E-state index contributed by atoms with van der Waals surface area (Å²) in [6, 6.07) is 10.4. The molecule has 4 aromatic rings. The summed E-state index contributed by atoms with van der Waals surface area (Å²) >= 11 is 0. The highest BCUT2D eigenvalue weighted by molar-refractivity contribution is 7.89. The van der Waals surface area contributed by atoms with Crippen molar-refractivity contribution in [3.05, 3.63) is 54.4 Å². The molecule has 1 fully saturated rings. The Hall–Kier alpha value is -3.85. The van der Waals surface area contributed by atoms with Gasteiger partial charge in [-0.25, -0.2) is 30.8 Å². The van der Waals surface area contributed by atoms with Crippen LogP contribution in [0.3, 0.4) is 0 Å². The van der Waals surface area contributed by atoms with E-state index in [4.69, 9.17) is 9.47 Å². The summed E-state index contributed by atoms with van der Waals surface area (Å²) < 4.78 is 68.0. The molecule has 2 heterocycles. The third-order valence-corrected chi connectivity index (χ3v) is 10.9. The first-order chi connectivity index (χ1) is 20.9. The highest BCUT2D eigenvalue weighted by atomic mass is 32.2. The molecule has 2 aromatic carbocycles. The number of ether oxygens (including phenoxy) is 2. The molecule has 12 nitrogen and oxygen atoms in total. The minimum Gasteiger partial charge on any atom is -0.480 e. The molecule has 2 aromatic heterocycles. The molecule has 0 aliphatic heterocycles. The van der Waals surface area contributed by atoms with Crippen molar-refractivity contribution >= 4 is 42.3 Å². The maximum Gasteiger partial charge on any atom is 0.319 e. The number of anilines is 2. The SMILES string of the molecule is CCC(C)c1cc(Nc2c(S(=O)(=O)NC3CC3)cnc3cc(-c4cnc(OC)nc4OC)ccc23)cc(S(=O)(=O)N(C)C)c1. The first kappa shape index (κ1) is 31.6. The lowest BCUT2D eigenvalue weighted by molar-refractivity contribution is 0.353. The fraction of sp³-hybridized carbons (Fsp3) is 0.367. The largest absolute Gasteiger partial charge is 0.480 e. The van der Waals surface area contributed by atoms with Crippen molar-refractivity contribution in [2.24, 2.45) is 0 Å². The summed E-state index contributed by atoms with van der Waals surface area (Å²) in [5.41, 5.74) is 3.31. The predicted octanol–water partition coefficient (Wildman–Crippen LogP) is 4.66. The minimum atomic E-state index is -3.96. The lowest BCUT2D eigenvalue weighted by Crippen LogP contribution is -2.26. The summed E-state index contributed by atoms with van der Waals surface area (Å²) in [6.07, 6.45) is 5.21. The predicted molar refractivity (Wildman–Crippen MR) is 169 cm³/mol. The monoisotopic (exact) mass is 640 g/mol. The second kappa shape index (κ2) is 12.3. The Kier molecular flexibility index (Phi) is 8.80. The van der Waals surface area contributed by atoms with Crippen molar-refractivity contribution in [2.45, 2.75) is 54.9 Å². The van der Waals surface area contributed by atoms with Crippen LogP contribution in [0.5, 0.6) is 11.9 Å². The maximum atomic E-state index is 13.6. The topological polar surface area (TPSA) is 153 Å². The molecule has 0 radical (unpaired) electrons. The second-order valence-electron chi connectivity index (χ2n) is 10.9. The molecule has 44 heavy (non-hydrogen) atoms. The van der Waals surface area contributed by atoms with E-state index in [2.05, 4.69) is 25.0 Å². The molecule has 0 spiro atoms. The molecule has 0 amide bonds. The van der Waals surface area contributed by atoms with Crippen LogP contribution < -0.4 is 19.5 Å². The van der Waals surface area contributed by atoms with Crippen LogP contribution in [0.4, 0.5) is 11.4 Å². The summed E-state index contributed by atoms with van der Waals surface area (Å²) in [4.78, 5) is 13.0. The Morgan fingerprint density at radius 2 is 1.75 bits per heavy atom. The molecular formula is C30H36N6O6S2. The number of nitrogens with zero attached hydrogens (tertiary/aromatic N) is 4. The van der Waals surface area contributed by atoms with Gasteiger partial charge in [0.25, 0.3) is 0 Å². The van der Waals surface area contributed by atoms with Gasteiger partial charge in [0.2, 0.25) is 25.9 Å². The Balaban J connectivity index is 1.69. The van der Waals surface area contributed by atoms with Gasteiger partial charge in [0.1, 0.15) is 4.90 Å². The van der Waals surface area contributed by atoms with Gasteiger partial charge in [0.05, 0.1) is 35.9 Å². The zero-order valence-corrected chi connectivity index (χ0v) is 27.1. The van der Waals surface area contributed by atoms with Gasteiger partial charge < -0.3 is 14.8 Å². The molecule has 2 N–H and O–H groups in total. The minimum absolute atomic E-state index is 0.0408. The van der Waals surface area contributed by atoms with Gasteiger partial charge in [0.15, 0.2) is 0 Å².